The molecule has 4 rings (SSSR count). The predicted molar refractivity (Wildman–Crippen MR) is 106 cm³/mol. The number of hydrogen-bond acceptors (Lipinski definition) is 2. The molecule has 1 aliphatic heterocycles. The summed E-state index contributed by atoms with van der Waals surface area (Å²) in [6.45, 7) is 3.35. The van der Waals surface area contributed by atoms with Crippen LogP contribution < -0.4 is 10.6 Å². The number of piperidine rings is 1. The molecule has 1 amide bonds. The molecule has 2 aromatic carbocycles. The Morgan fingerprint density at radius 1 is 1.19 bits per heavy atom. The van der Waals surface area contributed by atoms with Crippen LogP contribution in [-0.2, 0) is 6.42 Å². The van der Waals surface area contributed by atoms with Gasteiger partial charge in [0.1, 0.15) is 5.82 Å². The standard InChI is InChI=1S/C22H25N3O/c1-15-11-17(12-16-5-3-2-4-6-16)9-10-25(15)21-14-19-13-18(22(23)26)7-8-20(19)24-21/h2-8,13-15,17,24H,9-12H2,1H3,(H2,23,26)/t15-,17-/m1/s1. The van der Waals surface area contributed by atoms with Crippen molar-refractivity contribution < 1.29 is 4.79 Å². The monoisotopic (exact) mass is 347 g/mol. The van der Waals surface area contributed by atoms with E-state index in [2.05, 4.69) is 53.2 Å². The topological polar surface area (TPSA) is 62.1 Å². The lowest BCUT2D eigenvalue weighted by atomic mass is 9.86. The second-order valence-corrected chi connectivity index (χ2v) is 7.44. The number of carbonyl (C=O) groups excluding carboxylic acids is 1. The zero-order valence-corrected chi connectivity index (χ0v) is 15.1. The third-order valence-electron chi connectivity index (χ3n) is 5.55. The molecule has 0 saturated carbocycles. The zero-order valence-electron chi connectivity index (χ0n) is 15.1. The van der Waals surface area contributed by atoms with E-state index in [0.717, 1.165) is 35.6 Å². The Morgan fingerprint density at radius 2 is 2.00 bits per heavy atom. The number of nitrogens with two attached hydrogens (primary N) is 1. The third-order valence-corrected chi connectivity index (χ3v) is 5.55. The van der Waals surface area contributed by atoms with Gasteiger partial charge in [-0.25, -0.2) is 0 Å². The van der Waals surface area contributed by atoms with Crippen LogP contribution in [0, 0.1) is 5.92 Å². The van der Waals surface area contributed by atoms with Crippen LogP contribution in [0.15, 0.2) is 54.6 Å². The van der Waals surface area contributed by atoms with Gasteiger partial charge in [-0.2, -0.15) is 0 Å². The highest BCUT2D eigenvalue weighted by molar-refractivity contribution is 5.97. The van der Waals surface area contributed by atoms with E-state index in [1.54, 1.807) is 6.07 Å². The van der Waals surface area contributed by atoms with Crippen LogP contribution in [0.4, 0.5) is 5.82 Å². The van der Waals surface area contributed by atoms with E-state index in [9.17, 15) is 4.79 Å². The first-order valence-electron chi connectivity index (χ1n) is 9.33. The fourth-order valence-electron chi connectivity index (χ4n) is 4.19. The summed E-state index contributed by atoms with van der Waals surface area (Å²) in [6, 6.07) is 19.0. The Morgan fingerprint density at radius 3 is 2.73 bits per heavy atom. The molecule has 4 nitrogen and oxygen atoms in total. The van der Waals surface area contributed by atoms with Crippen molar-refractivity contribution >= 4 is 22.6 Å². The fraction of sp³-hybridized carbons (Fsp3) is 0.318. The molecule has 1 saturated heterocycles. The van der Waals surface area contributed by atoms with Crippen molar-refractivity contribution in [2.24, 2.45) is 11.7 Å². The number of hydrogen-bond donors (Lipinski definition) is 2. The Hall–Kier alpha value is -2.75. The predicted octanol–water partition coefficient (Wildman–Crippen LogP) is 4.11. The number of nitrogens with zero attached hydrogens (tertiary/aromatic N) is 1. The summed E-state index contributed by atoms with van der Waals surface area (Å²) < 4.78 is 0. The molecule has 0 bridgehead atoms. The Balaban J connectivity index is 1.49. The fourth-order valence-corrected chi connectivity index (χ4v) is 4.19. The highest BCUT2D eigenvalue weighted by Gasteiger charge is 2.26. The average molecular weight is 347 g/mol. The maximum atomic E-state index is 11.4. The highest BCUT2D eigenvalue weighted by Crippen LogP contribution is 2.31. The average Bonchev–Trinajstić information content (AvgIpc) is 3.05. The summed E-state index contributed by atoms with van der Waals surface area (Å²) >= 11 is 0. The summed E-state index contributed by atoms with van der Waals surface area (Å²) in [7, 11) is 0. The van der Waals surface area contributed by atoms with Crippen molar-refractivity contribution in [3.8, 4) is 0 Å². The van der Waals surface area contributed by atoms with Gasteiger partial charge in [0.05, 0.1) is 0 Å². The second kappa shape index (κ2) is 6.87. The lowest BCUT2D eigenvalue weighted by Gasteiger charge is -2.38. The van der Waals surface area contributed by atoms with E-state index in [1.807, 2.05) is 12.1 Å². The number of primary amides is 1. The molecule has 0 spiro atoms. The van der Waals surface area contributed by atoms with E-state index < -0.39 is 0 Å². The van der Waals surface area contributed by atoms with Crippen LogP contribution in [0.1, 0.15) is 35.7 Å². The van der Waals surface area contributed by atoms with E-state index >= 15 is 0 Å². The third kappa shape index (κ3) is 3.32. The number of aromatic nitrogens is 1. The van der Waals surface area contributed by atoms with Crippen LogP contribution in [0.2, 0.25) is 0 Å². The largest absolute Gasteiger partial charge is 0.366 e. The van der Waals surface area contributed by atoms with Crippen LogP contribution in [-0.4, -0.2) is 23.5 Å². The molecule has 3 N–H and O–H groups in total. The normalized spacial score (nSPS) is 20.4. The van der Waals surface area contributed by atoms with Crippen molar-refractivity contribution in [3.63, 3.8) is 0 Å². The second-order valence-electron chi connectivity index (χ2n) is 7.44. The summed E-state index contributed by atoms with van der Waals surface area (Å²) in [5, 5.41) is 1.04. The first kappa shape index (κ1) is 16.7. The van der Waals surface area contributed by atoms with E-state index in [0.29, 0.717) is 11.6 Å². The van der Waals surface area contributed by atoms with Gasteiger partial charge < -0.3 is 15.6 Å². The van der Waals surface area contributed by atoms with E-state index in [1.165, 1.54) is 18.4 Å². The summed E-state index contributed by atoms with van der Waals surface area (Å²) in [5.74, 6) is 1.48. The number of aromatic amines is 1. The number of rotatable bonds is 4. The summed E-state index contributed by atoms with van der Waals surface area (Å²) in [4.78, 5) is 17.3. The van der Waals surface area contributed by atoms with Gasteiger partial charge in [-0.15, -0.1) is 0 Å². The minimum atomic E-state index is -0.384. The highest BCUT2D eigenvalue weighted by atomic mass is 16.1. The number of benzene rings is 2. The molecule has 0 unspecified atom stereocenters. The number of carbonyl (C=O) groups is 1. The maximum Gasteiger partial charge on any atom is 0.248 e. The molecule has 1 aromatic heterocycles. The van der Waals surface area contributed by atoms with Crippen LogP contribution in [0.3, 0.4) is 0 Å². The van der Waals surface area contributed by atoms with Crippen molar-refractivity contribution in [1.29, 1.82) is 0 Å². The van der Waals surface area contributed by atoms with Crippen molar-refractivity contribution in [1.82, 2.24) is 4.98 Å². The molecule has 3 aromatic rings. The molecule has 134 valence electrons. The van der Waals surface area contributed by atoms with Crippen LogP contribution in [0.25, 0.3) is 10.9 Å². The lowest BCUT2D eigenvalue weighted by molar-refractivity contribution is 0.100. The Kier molecular flexibility index (Phi) is 4.41. The molecule has 0 radical (unpaired) electrons. The molecular formula is C22H25N3O. The van der Waals surface area contributed by atoms with Gasteiger partial charge >= 0.3 is 0 Å². The number of nitrogens with one attached hydrogen (secondary N) is 1. The van der Waals surface area contributed by atoms with Gasteiger partial charge in [-0.1, -0.05) is 30.3 Å². The lowest BCUT2D eigenvalue weighted by Crippen LogP contribution is -2.41. The van der Waals surface area contributed by atoms with Crippen molar-refractivity contribution in [2.45, 2.75) is 32.2 Å². The minimum Gasteiger partial charge on any atom is -0.366 e. The smallest absolute Gasteiger partial charge is 0.248 e. The molecule has 2 atom stereocenters. The van der Waals surface area contributed by atoms with E-state index in [4.69, 9.17) is 5.73 Å². The van der Waals surface area contributed by atoms with Crippen LogP contribution in [0.5, 0.6) is 0 Å². The molecular weight excluding hydrogens is 322 g/mol. The first-order chi connectivity index (χ1) is 12.6. The Bertz CT molecular complexity index is 916. The number of amides is 1. The van der Waals surface area contributed by atoms with Gasteiger partial charge in [0.15, 0.2) is 0 Å². The van der Waals surface area contributed by atoms with Gasteiger partial charge in [0.25, 0.3) is 0 Å². The Labute approximate surface area is 154 Å². The zero-order chi connectivity index (χ0) is 18.1. The van der Waals surface area contributed by atoms with Gasteiger partial charge in [-0.05, 0) is 61.9 Å². The maximum absolute atomic E-state index is 11.4. The molecule has 1 aliphatic rings. The number of anilines is 1. The summed E-state index contributed by atoms with van der Waals surface area (Å²) in [5.41, 5.74) is 8.43. The van der Waals surface area contributed by atoms with Crippen molar-refractivity contribution in [2.75, 3.05) is 11.4 Å². The first-order valence-corrected chi connectivity index (χ1v) is 9.33. The molecule has 2 heterocycles. The number of H-pyrrole nitrogens is 1. The number of fused-ring (bicyclic) bond motifs is 1. The van der Waals surface area contributed by atoms with Gasteiger partial charge in [0.2, 0.25) is 5.91 Å². The quantitative estimate of drug-likeness (QED) is 0.746. The summed E-state index contributed by atoms with van der Waals surface area (Å²) in [6.07, 6.45) is 3.55. The SMILES string of the molecule is C[C@@H]1C[C@H](Cc2ccccc2)CCN1c1cc2cc(C(N)=O)ccc2[nH]1. The molecule has 1 fully saturated rings. The van der Waals surface area contributed by atoms with Crippen molar-refractivity contribution in [3.05, 3.63) is 65.7 Å². The van der Waals surface area contributed by atoms with Gasteiger partial charge in [0, 0.05) is 29.1 Å². The molecule has 4 heteroatoms. The minimum absolute atomic E-state index is 0.384. The molecule has 0 aliphatic carbocycles. The molecule has 26 heavy (non-hydrogen) atoms. The van der Waals surface area contributed by atoms with Gasteiger partial charge in [-0.3, -0.25) is 4.79 Å². The van der Waals surface area contributed by atoms with E-state index in [-0.39, 0.29) is 5.91 Å². The van der Waals surface area contributed by atoms with Crippen LogP contribution >= 0.6 is 0 Å².